The molecule has 5 rings (SSSR count). The number of carbonyl (C=O) groups excluding carboxylic acids is 1. The normalized spacial score (nSPS) is 11.5. The van der Waals surface area contributed by atoms with Gasteiger partial charge in [-0.1, -0.05) is 71.2 Å². The molecule has 0 unspecified atom stereocenters. The van der Waals surface area contributed by atoms with Crippen LogP contribution in [0.2, 0.25) is 0 Å². The first-order valence-corrected chi connectivity index (χ1v) is 11.8. The molecule has 0 aliphatic heterocycles. The van der Waals surface area contributed by atoms with Crippen molar-refractivity contribution in [1.82, 2.24) is 4.98 Å². The van der Waals surface area contributed by atoms with Gasteiger partial charge in [0.05, 0.1) is 16.9 Å². The molecule has 5 nitrogen and oxygen atoms in total. The second-order valence-electron chi connectivity index (χ2n) is 7.84. The van der Waals surface area contributed by atoms with Crippen LogP contribution in [0.5, 0.6) is 11.5 Å². The molecule has 0 aliphatic rings. The minimum Gasteiger partial charge on any atom is -0.457 e. The number of anilines is 2. The molecule has 0 radical (unpaired) electrons. The van der Waals surface area contributed by atoms with E-state index in [1.807, 2.05) is 42.5 Å². The highest BCUT2D eigenvalue weighted by Gasteiger charge is 2.26. The lowest BCUT2D eigenvalue weighted by Gasteiger charge is -2.15. The van der Waals surface area contributed by atoms with Crippen LogP contribution in [-0.2, 0) is 3.79 Å². The number of pyridine rings is 1. The van der Waals surface area contributed by atoms with Gasteiger partial charge in [0.2, 0.25) is 3.79 Å². The Kier molecular flexibility index (Phi) is 6.15. The molecule has 1 amide bonds. The number of nitrogens with one attached hydrogen (secondary N) is 1. The van der Waals surface area contributed by atoms with Crippen LogP contribution in [0.25, 0.3) is 21.7 Å². The van der Waals surface area contributed by atoms with Crippen molar-refractivity contribution in [2.24, 2.45) is 0 Å². The third-order valence-corrected chi connectivity index (χ3v) is 6.18. The first-order chi connectivity index (χ1) is 16.8. The van der Waals surface area contributed by atoms with Gasteiger partial charge in [0, 0.05) is 22.7 Å². The minimum atomic E-state index is -1.62. The van der Waals surface area contributed by atoms with E-state index in [-0.39, 0.29) is 5.91 Å². The predicted molar refractivity (Wildman–Crippen MR) is 144 cm³/mol. The van der Waals surface area contributed by atoms with Gasteiger partial charge >= 0.3 is 0 Å². The van der Waals surface area contributed by atoms with Crippen LogP contribution in [0.3, 0.4) is 0 Å². The second kappa shape index (κ2) is 9.27. The quantitative estimate of drug-likeness (QED) is 0.186. The topological polar surface area (TPSA) is 77.2 Å². The summed E-state index contributed by atoms with van der Waals surface area (Å²) in [6.45, 7) is 0. The Morgan fingerprint density at radius 1 is 0.886 bits per heavy atom. The van der Waals surface area contributed by atoms with Crippen LogP contribution in [0, 0.1) is 0 Å². The molecule has 1 heterocycles. The molecule has 0 bridgehead atoms. The predicted octanol–water partition coefficient (Wildman–Crippen LogP) is 7.84. The van der Waals surface area contributed by atoms with Crippen LogP contribution in [0.15, 0.2) is 91.1 Å². The molecule has 1 aromatic heterocycles. The van der Waals surface area contributed by atoms with E-state index in [0.29, 0.717) is 44.9 Å². The molecule has 5 aromatic rings. The molecule has 8 heteroatoms. The summed E-state index contributed by atoms with van der Waals surface area (Å²) in [7, 11) is 0. The first kappa shape index (κ1) is 23.2. The molecular weight excluding hydrogens is 505 g/mol. The number of benzene rings is 4. The molecule has 0 saturated carbocycles. The summed E-state index contributed by atoms with van der Waals surface area (Å²) in [5, 5.41) is 5.22. The van der Waals surface area contributed by atoms with Gasteiger partial charge in [0.15, 0.2) is 0 Å². The van der Waals surface area contributed by atoms with Crippen LogP contribution < -0.4 is 15.8 Å². The van der Waals surface area contributed by atoms with E-state index in [0.717, 1.165) is 10.8 Å². The van der Waals surface area contributed by atoms with Crippen LogP contribution in [-0.4, -0.2) is 10.9 Å². The van der Waals surface area contributed by atoms with E-state index < -0.39 is 3.79 Å². The summed E-state index contributed by atoms with van der Waals surface area (Å²) in [6, 6.07) is 25.3. The van der Waals surface area contributed by atoms with Gasteiger partial charge in [-0.25, -0.2) is 0 Å². The lowest BCUT2D eigenvalue weighted by molar-refractivity contribution is 0.102. The van der Waals surface area contributed by atoms with E-state index in [4.69, 9.17) is 45.3 Å². The minimum absolute atomic E-state index is 0.249. The standard InChI is InChI=1S/C27H18Cl3N3O2/c28-27(29,30)21-8-4-7-20-24(13-14-32-25(20)21)35-17-11-12-18-16(15-17)5-3-6-19(18)26(34)33-23-10-2-1-9-22(23)31/h1-15H,31H2,(H,33,34). The van der Waals surface area contributed by atoms with E-state index in [9.17, 15) is 4.79 Å². The van der Waals surface area contributed by atoms with E-state index in [1.165, 1.54) is 0 Å². The van der Waals surface area contributed by atoms with Gasteiger partial charge < -0.3 is 15.8 Å². The zero-order valence-electron chi connectivity index (χ0n) is 18.1. The summed E-state index contributed by atoms with van der Waals surface area (Å²) in [5.41, 5.74) is 8.57. The maximum atomic E-state index is 13.0. The summed E-state index contributed by atoms with van der Waals surface area (Å²) in [5.74, 6) is 0.912. The number of nitrogens with two attached hydrogens (primary N) is 1. The fourth-order valence-electron chi connectivity index (χ4n) is 3.92. The Bertz CT molecular complexity index is 1580. The fourth-order valence-corrected chi connectivity index (χ4v) is 4.38. The second-order valence-corrected chi connectivity index (χ2v) is 10.1. The monoisotopic (exact) mass is 521 g/mol. The maximum Gasteiger partial charge on any atom is 0.256 e. The number of nitrogen functional groups attached to an aromatic ring is 1. The van der Waals surface area contributed by atoms with E-state index in [1.54, 1.807) is 48.7 Å². The molecule has 0 saturated heterocycles. The van der Waals surface area contributed by atoms with Crippen molar-refractivity contribution in [3.05, 3.63) is 102 Å². The number of para-hydroxylation sites is 3. The summed E-state index contributed by atoms with van der Waals surface area (Å²) in [4.78, 5) is 17.4. The smallest absolute Gasteiger partial charge is 0.256 e. The Hall–Kier alpha value is -3.51. The number of halogens is 3. The van der Waals surface area contributed by atoms with E-state index in [2.05, 4.69) is 10.3 Å². The number of hydrogen-bond donors (Lipinski definition) is 2. The lowest BCUT2D eigenvalue weighted by Crippen LogP contribution is -2.13. The molecular formula is C27H18Cl3N3O2. The van der Waals surface area contributed by atoms with Gasteiger partial charge in [-0.3, -0.25) is 9.78 Å². The molecule has 0 spiro atoms. The molecule has 174 valence electrons. The van der Waals surface area contributed by atoms with Crippen molar-refractivity contribution in [2.75, 3.05) is 11.1 Å². The third kappa shape index (κ3) is 4.71. The van der Waals surface area contributed by atoms with Crippen LogP contribution in [0.4, 0.5) is 11.4 Å². The van der Waals surface area contributed by atoms with Crippen molar-refractivity contribution < 1.29 is 9.53 Å². The van der Waals surface area contributed by atoms with Crippen molar-refractivity contribution in [3.63, 3.8) is 0 Å². The summed E-state index contributed by atoms with van der Waals surface area (Å²) >= 11 is 18.4. The maximum absolute atomic E-state index is 13.0. The van der Waals surface area contributed by atoms with Gasteiger partial charge in [0.25, 0.3) is 5.91 Å². The molecule has 0 aliphatic carbocycles. The Balaban J connectivity index is 1.48. The number of fused-ring (bicyclic) bond motifs is 2. The molecule has 0 atom stereocenters. The number of hydrogen-bond acceptors (Lipinski definition) is 4. The number of aromatic nitrogens is 1. The highest BCUT2D eigenvalue weighted by Crippen LogP contribution is 2.43. The number of nitrogens with zero attached hydrogens (tertiary/aromatic N) is 1. The Morgan fingerprint density at radius 3 is 2.49 bits per heavy atom. The van der Waals surface area contributed by atoms with Gasteiger partial charge in [0.1, 0.15) is 11.5 Å². The molecule has 3 N–H and O–H groups in total. The number of ether oxygens (including phenoxy) is 1. The zero-order chi connectivity index (χ0) is 24.6. The zero-order valence-corrected chi connectivity index (χ0v) is 20.4. The molecule has 35 heavy (non-hydrogen) atoms. The lowest BCUT2D eigenvalue weighted by atomic mass is 10.0. The van der Waals surface area contributed by atoms with Gasteiger partial charge in [-0.15, -0.1) is 0 Å². The average molecular weight is 523 g/mol. The van der Waals surface area contributed by atoms with Crippen molar-refractivity contribution >= 4 is 73.8 Å². The number of carbonyl (C=O) groups is 1. The third-order valence-electron chi connectivity index (χ3n) is 5.57. The molecule has 4 aromatic carbocycles. The fraction of sp³-hybridized carbons (Fsp3) is 0.0370. The van der Waals surface area contributed by atoms with Crippen LogP contribution in [0.1, 0.15) is 15.9 Å². The average Bonchev–Trinajstić information content (AvgIpc) is 2.84. The largest absolute Gasteiger partial charge is 0.457 e. The first-order valence-electron chi connectivity index (χ1n) is 10.6. The van der Waals surface area contributed by atoms with Crippen molar-refractivity contribution in [1.29, 1.82) is 0 Å². The Morgan fingerprint density at radius 2 is 1.69 bits per heavy atom. The van der Waals surface area contributed by atoms with Gasteiger partial charge in [-0.2, -0.15) is 0 Å². The van der Waals surface area contributed by atoms with Crippen LogP contribution >= 0.6 is 34.8 Å². The highest BCUT2D eigenvalue weighted by molar-refractivity contribution is 6.67. The number of amides is 1. The Labute approximate surface area is 216 Å². The SMILES string of the molecule is Nc1ccccc1NC(=O)c1cccc2cc(Oc3ccnc4c(C(Cl)(Cl)Cl)cccc34)ccc12. The van der Waals surface area contributed by atoms with Crippen molar-refractivity contribution in [3.8, 4) is 11.5 Å². The van der Waals surface area contributed by atoms with Gasteiger partial charge in [-0.05, 0) is 59.3 Å². The van der Waals surface area contributed by atoms with Crippen molar-refractivity contribution in [2.45, 2.75) is 3.79 Å². The number of rotatable bonds is 4. The summed E-state index contributed by atoms with van der Waals surface area (Å²) in [6.07, 6.45) is 1.61. The summed E-state index contributed by atoms with van der Waals surface area (Å²) < 4.78 is 4.58. The van der Waals surface area contributed by atoms with E-state index >= 15 is 0 Å². The number of alkyl halides is 3. The highest BCUT2D eigenvalue weighted by atomic mass is 35.6. The molecule has 0 fully saturated rings.